The number of hydrogen-bond donors (Lipinski definition) is 1. The quantitative estimate of drug-likeness (QED) is 0.810. The SMILES string of the molecule is CCNCc1cc(Cl)ccc1N(CC1CC1)C(C)C. The topological polar surface area (TPSA) is 15.3 Å². The lowest BCUT2D eigenvalue weighted by atomic mass is 10.1. The van der Waals surface area contributed by atoms with Crippen LogP contribution in [0.15, 0.2) is 18.2 Å². The smallest absolute Gasteiger partial charge is 0.0415 e. The molecule has 2 nitrogen and oxygen atoms in total. The standard InChI is InChI=1S/C16H25ClN2/c1-4-18-10-14-9-15(17)7-8-16(14)19(12(2)3)11-13-5-6-13/h7-9,12-13,18H,4-6,10-11H2,1-3H3. The number of anilines is 1. The van der Waals surface area contributed by atoms with E-state index < -0.39 is 0 Å². The molecule has 1 saturated carbocycles. The summed E-state index contributed by atoms with van der Waals surface area (Å²) in [5, 5.41) is 4.24. The Morgan fingerprint density at radius 3 is 2.68 bits per heavy atom. The van der Waals surface area contributed by atoms with Gasteiger partial charge in [-0.05, 0) is 62.9 Å². The second kappa shape index (κ2) is 6.62. The molecule has 1 aromatic carbocycles. The van der Waals surface area contributed by atoms with E-state index in [2.05, 4.69) is 43.1 Å². The number of rotatable bonds is 7. The third-order valence-electron chi connectivity index (χ3n) is 3.69. The molecule has 3 heteroatoms. The summed E-state index contributed by atoms with van der Waals surface area (Å²) in [6.07, 6.45) is 2.78. The van der Waals surface area contributed by atoms with E-state index >= 15 is 0 Å². The van der Waals surface area contributed by atoms with E-state index in [0.29, 0.717) is 6.04 Å². The first-order valence-electron chi connectivity index (χ1n) is 7.37. The summed E-state index contributed by atoms with van der Waals surface area (Å²) < 4.78 is 0. The molecule has 19 heavy (non-hydrogen) atoms. The Kier molecular flexibility index (Phi) is 5.12. The fourth-order valence-corrected chi connectivity index (χ4v) is 2.60. The first-order chi connectivity index (χ1) is 9.11. The summed E-state index contributed by atoms with van der Waals surface area (Å²) in [7, 11) is 0. The van der Waals surface area contributed by atoms with Gasteiger partial charge < -0.3 is 10.2 Å². The molecular weight excluding hydrogens is 256 g/mol. The van der Waals surface area contributed by atoms with E-state index in [4.69, 9.17) is 11.6 Å². The molecule has 0 radical (unpaired) electrons. The van der Waals surface area contributed by atoms with Gasteiger partial charge in [-0.3, -0.25) is 0 Å². The summed E-state index contributed by atoms with van der Waals surface area (Å²) in [6.45, 7) is 9.73. The first-order valence-corrected chi connectivity index (χ1v) is 7.75. The van der Waals surface area contributed by atoms with E-state index in [1.165, 1.54) is 30.6 Å². The Bertz CT molecular complexity index is 413. The van der Waals surface area contributed by atoms with Crippen LogP contribution in [0.3, 0.4) is 0 Å². The molecule has 1 aliphatic carbocycles. The Morgan fingerprint density at radius 2 is 2.11 bits per heavy atom. The zero-order valence-corrected chi connectivity index (χ0v) is 13.0. The largest absolute Gasteiger partial charge is 0.369 e. The highest BCUT2D eigenvalue weighted by Crippen LogP contribution is 2.34. The third kappa shape index (κ3) is 4.12. The third-order valence-corrected chi connectivity index (χ3v) is 3.93. The normalized spacial score (nSPS) is 15.0. The number of nitrogens with one attached hydrogen (secondary N) is 1. The first kappa shape index (κ1) is 14.7. The van der Waals surface area contributed by atoms with E-state index in [1.54, 1.807) is 0 Å². The van der Waals surface area contributed by atoms with Crippen LogP contribution in [0.1, 0.15) is 39.2 Å². The predicted molar refractivity (Wildman–Crippen MR) is 84.0 cm³/mol. The second-order valence-corrected chi connectivity index (χ2v) is 6.18. The average molecular weight is 281 g/mol. The lowest BCUT2D eigenvalue weighted by Gasteiger charge is -2.31. The molecule has 0 unspecified atom stereocenters. The van der Waals surface area contributed by atoms with Gasteiger partial charge in [0.05, 0.1) is 0 Å². The molecule has 1 N–H and O–H groups in total. The van der Waals surface area contributed by atoms with Gasteiger partial charge >= 0.3 is 0 Å². The zero-order valence-electron chi connectivity index (χ0n) is 12.2. The minimum absolute atomic E-state index is 0.530. The van der Waals surface area contributed by atoms with Crippen molar-refractivity contribution in [3.63, 3.8) is 0 Å². The van der Waals surface area contributed by atoms with Gasteiger partial charge in [-0.15, -0.1) is 0 Å². The number of benzene rings is 1. The van der Waals surface area contributed by atoms with Crippen LogP contribution in [0.25, 0.3) is 0 Å². The number of hydrogen-bond acceptors (Lipinski definition) is 2. The fourth-order valence-electron chi connectivity index (χ4n) is 2.40. The Balaban J connectivity index is 2.22. The molecule has 0 aromatic heterocycles. The van der Waals surface area contributed by atoms with Gasteiger partial charge in [-0.2, -0.15) is 0 Å². The Hall–Kier alpha value is -0.730. The molecule has 1 aromatic rings. The van der Waals surface area contributed by atoms with Crippen molar-refractivity contribution in [3.05, 3.63) is 28.8 Å². The van der Waals surface area contributed by atoms with E-state index in [0.717, 1.165) is 24.0 Å². The second-order valence-electron chi connectivity index (χ2n) is 5.74. The van der Waals surface area contributed by atoms with Crippen molar-refractivity contribution in [2.24, 2.45) is 5.92 Å². The Labute approximate surface area is 122 Å². The van der Waals surface area contributed by atoms with E-state index in [9.17, 15) is 0 Å². The molecule has 0 spiro atoms. The molecule has 1 aliphatic rings. The summed E-state index contributed by atoms with van der Waals surface area (Å²) in [6, 6.07) is 6.82. The molecular formula is C16H25ClN2. The summed E-state index contributed by atoms with van der Waals surface area (Å²) in [4.78, 5) is 2.53. The molecule has 0 bridgehead atoms. The Morgan fingerprint density at radius 1 is 1.37 bits per heavy atom. The van der Waals surface area contributed by atoms with Crippen LogP contribution >= 0.6 is 11.6 Å². The summed E-state index contributed by atoms with van der Waals surface area (Å²) >= 11 is 6.15. The molecule has 1 fully saturated rings. The average Bonchev–Trinajstić information content (AvgIpc) is 3.18. The highest BCUT2D eigenvalue weighted by molar-refractivity contribution is 6.30. The van der Waals surface area contributed by atoms with Crippen molar-refractivity contribution in [2.75, 3.05) is 18.0 Å². The van der Waals surface area contributed by atoms with Crippen LogP contribution in [0.4, 0.5) is 5.69 Å². The maximum absolute atomic E-state index is 6.15. The van der Waals surface area contributed by atoms with Crippen LogP contribution in [0.2, 0.25) is 5.02 Å². The van der Waals surface area contributed by atoms with E-state index in [-0.39, 0.29) is 0 Å². The number of halogens is 1. The van der Waals surface area contributed by atoms with Crippen LogP contribution in [0.5, 0.6) is 0 Å². The number of nitrogens with zero attached hydrogens (tertiary/aromatic N) is 1. The van der Waals surface area contributed by atoms with Crippen molar-refractivity contribution < 1.29 is 0 Å². The van der Waals surface area contributed by atoms with Gasteiger partial charge in [0.2, 0.25) is 0 Å². The van der Waals surface area contributed by atoms with Gasteiger partial charge in [-0.25, -0.2) is 0 Å². The van der Waals surface area contributed by atoms with Gasteiger partial charge in [-0.1, -0.05) is 18.5 Å². The van der Waals surface area contributed by atoms with Crippen LogP contribution < -0.4 is 10.2 Å². The van der Waals surface area contributed by atoms with Crippen molar-refractivity contribution >= 4 is 17.3 Å². The highest BCUT2D eigenvalue weighted by atomic mass is 35.5. The minimum atomic E-state index is 0.530. The monoisotopic (exact) mass is 280 g/mol. The molecule has 0 saturated heterocycles. The van der Waals surface area contributed by atoms with Crippen molar-refractivity contribution in [1.29, 1.82) is 0 Å². The van der Waals surface area contributed by atoms with Gasteiger partial charge in [0, 0.05) is 29.8 Å². The van der Waals surface area contributed by atoms with Gasteiger partial charge in [0.25, 0.3) is 0 Å². The molecule has 106 valence electrons. The summed E-state index contributed by atoms with van der Waals surface area (Å²) in [5.41, 5.74) is 2.65. The van der Waals surface area contributed by atoms with Crippen molar-refractivity contribution in [1.82, 2.24) is 5.32 Å². The molecule has 2 rings (SSSR count). The predicted octanol–water partition coefficient (Wildman–Crippen LogP) is 4.07. The van der Waals surface area contributed by atoms with Crippen LogP contribution in [-0.4, -0.2) is 19.1 Å². The molecule has 0 heterocycles. The lowest BCUT2D eigenvalue weighted by Crippen LogP contribution is -2.34. The molecule has 0 aliphatic heterocycles. The summed E-state index contributed by atoms with van der Waals surface area (Å²) in [5.74, 6) is 0.894. The van der Waals surface area contributed by atoms with E-state index in [1.807, 2.05) is 6.07 Å². The zero-order chi connectivity index (χ0) is 13.8. The van der Waals surface area contributed by atoms with Crippen LogP contribution in [-0.2, 0) is 6.54 Å². The van der Waals surface area contributed by atoms with Crippen LogP contribution in [0, 0.1) is 5.92 Å². The maximum atomic E-state index is 6.15. The van der Waals surface area contributed by atoms with Crippen molar-refractivity contribution in [2.45, 2.75) is 46.2 Å². The van der Waals surface area contributed by atoms with Gasteiger partial charge in [0.15, 0.2) is 0 Å². The lowest BCUT2D eigenvalue weighted by molar-refractivity contribution is 0.636. The highest BCUT2D eigenvalue weighted by Gasteiger charge is 2.26. The van der Waals surface area contributed by atoms with Gasteiger partial charge in [0.1, 0.15) is 0 Å². The molecule has 0 atom stereocenters. The fraction of sp³-hybridized carbons (Fsp3) is 0.625. The van der Waals surface area contributed by atoms with Crippen molar-refractivity contribution in [3.8, 4) is 0 Å². The molecule has 0 amide bonds. The minimum Gasteiger partial charge on any atom is -0.369 e. The maximum Gasteiger partial charge on any atom is 0.0415 e.